The molecule has 0 spiro atoms. The van der Waals surface area contributed by atoms with Crippen LogP contribution in [0.2, 0.25) is 0 Å². The Labute approximate surface area is 114 Å². The van der Waals surface area contributed by atoms with Gasteiger partial charge in [0, 0.05) is 18.3 Å². The van der Waals surface area contributed by atoms with Gasteiger partial charge >= 0.3 is 6.03 Å². The molecule has 0 saturated heterocycles. The van der Waals surface area contributed by atoms with Gasteiger partial charge in [-0.25, -0.2) is 4.79 Å². The standard InChI is InChI=1S/C11H16IN3O2/c1-15(2)5-6-17-10-7-8(14-11(13)16)3-4-9(10)12/h3-4,7H,5-6H2,1-2H3,(H3,13,14,16). The van der Waals surface area contributed by atoms with Gasteiger partial charge in [0.1, 0.15) is 12.4 Å². The van der Waals surface area contributed by atoms with Gasteiger partial charge in [0.15, 0.2) is 0 Å². The van der Waals surface area contributed by atoms with Crippen LogP contribution < -0.4 is 15.8 Å². The molecule has 0 saturated carbocycles. The van der Waals surface area contributed by atoms with Crippen LogP contribution in [0, 0.1) is 3.57 Å². The highest BCUT2D eigenvalue weighted by Gasteiger charge is 2.04. The minimum Gasteiger partial charge on any atom is -0.491 e. The van der Waals surface area contributed by atoms with Crippen molar-refractivity contribution < 1.29 is 9.53 Å². The lowest BCUT2D eigenvalue weighted by molar-refractivity contribution is 0.259. The van der Waals surface area contributed by atoms with E-state index in [0.29, 0.717) is 12.3 Å². The third-order valence-corrected chi connectivity index (χ3v) is 2.89. The number of hydrogen-bond acceptors (Lipinski definition) is 3. The van der Waals surface area contributed by atoms with Crippen LogP contribution in [0.25, 0.3) is 0 Å². The van der Waals surface area contributed by atoms with E-state index < -0.39 is 6.03 Å². The predicted molar refractivity (Wildman–Crippen MR) is 76.4 cm³/mol. The number of ether oxygens (including phenoxy) is 1. The molecule has 6 heteroatoms. The van der Waals surface area contributed by atoms with Crippen LogP contribution in [-0.2, 0) is 0 Å². The summed E-state index contributed by atoms with van der Waals surface area (Å²) < 4.78 is 6.63. The zero-order valence-electron chi connectivity index (χ0n) is 9.87. The van der Waals surface area contributed by atoms with Crippen LogP contribution in [0.15, 0.2) is 18.2 Å². The number of benzene rings is 1. The molecule has 0 heterocycles. The van der Waals surface area contributed by atoms with E-state index in [2.05, 4.69) is 27.9 Å². The van der Waals surface area contributed by atoms with Crippen molar-refractivity contribution in [3.05, 3.63) is 21.8 Å². The minimum absolute atomic E-state index is 0.578. The van der Waals surface area contributed by atoms with Crippen LogP contribution in [0.5, 0.6) is 5.75 Å². The lowest BCUT2D eigenvalue weighted by Gasteiger charge is -2.13. The van der Waals surface area contributed by atoms with Crippen molar-refractivity contribution in [2.24, 2.45) is 5.73 Å². The molecule has 5 nitrogen and oxygen atoms in total. The highest BCUT2D eigenvalue weighted by atomic mass is 127. The average molecular weight is 349 g/mol. The van der Waals surface area contributed by atoms with Gasteiger partial charge in [-0.1, -0.05) is 0 Å². The van der Waals surface area contributed by atoms with Crippen molar-refractivity contribution in [3.8, 4) is 5.75 Å². The maximum atomic E-state index is 10.7. The first-order valence-electron chi connectivity index (χ1n) is 5.12. The molecule has 3 N–H and O–H groups in total. The first-order valence-corrected chi connectivity index (χ1v) is 6.20. The Hall–Kier alpha value is -1.02. The van der Waals surface area contributed by atoms with Gasteiger partial charge in [-0.2, -0.15) is 0 Å². The Morgan fingerprint density at radius 3 is 2.82 bits per heavy atom. The second-order valence-corrected chi connectivity index (χ2v) is 4.95. The normalized spacial score (nSPS) is 10.4. The molecule has 0 aliphatic carbocycles. The lowest BCUT2D eigenvalue weighted by atomic mass is 10.3. The highest BCUT2D eigenvalue weighted by molar-refractivity contribution is 14.1. The summed E-state index contributed by atoms with van der Waals surface area (Å²) in [6.45, 7) is 1.44. The van der Waals surface area contributed by atoms with Crippen LogP contribution in [0.1, 0.15) is 0 Å². The largest absolute Gasteiger partial charge is 0.491 e. The minimum atomic E-state index is -0.578. The molecule has 0 radical (unpaired) electrons. The zero-order chi connectivity index (χ0) is 12.8. The molecule has 2 amide bonds. The lowest BCUT2D eigenvalue weighted by Crippen LogP contribution is -2.20. The van der Waals surface area contributed by atoms with Gasteiger partial charge in [-0.15, -0.1) is 0 Å². The number of carbonyl (C=O) groups excluding carboxylic acids is 1. The molecule has 0 bridgehead atoms. The number of primary amides is 1. The molecule has 0 unspecified atom stereocenters. The monoisotopic (exact) mass is 349 g/mol. The molecule has 0 aliphatic rings. The number of amides is 2. The van der Waals surface area contributed by atoms with Gasteiger partial charge in [-0.05, 0) is 48.8 Å². The maximum absolute atomic E-state index is 10.7. The summed E-state index contributed by atoms with van der Waals surface area (Å²) in [7, 11) is 3.97. The van der Waals surface area contributed by atoms with E-state index in [4.69, 9.17) is 10.5 Å². The molecule has 0 aromatic heterocycles. The Bertz CT molecular complexity index is 396. The van der Waals surface area contributed by atoms with Crippen molar-refractivity contribution in [1.29, 1.82) is 0 Å². The molecule has 0 aliphatic heterocycles. The van der Waals surface area contributed by atoms with E-state index in [9.17, 15) is 4.79 Å². The summed E-state index contributed by atoms with van der Waals surface area (Å²) in [6, 6.07) is 4.84. The molecular formula is C11H16IN3O2. The predicted octanol–water partition coefficient (Wildman–Crippen LogP) is 1.72. The van der Waals surface area contributed by atoms with Crippen molar-refractivity contribution >= 4 is 34.3 Å². The average Bonchev–Trinajstić information content (AvgIpc) is 2.21. The number of likely N-dealkylation sites (N-methyl/N-ethyl adjacent to an activating group) is 1. The van der Waals surface area contributed by atoms with Gasteiger partial charge in [0.25, 0.3) is 0 Å². The number of urea groups is 1. The molecule has 1 aromatic rings. The van der Waals surface area contributed by atoms with E-state index in [-0.39, 0.29) is 0 Å². The zero-order valence-corrected chi connectivity index (χ0v) is 12.0. The third kappa shape index (κ3) is 5.22. The number of nitrogens with zero attached hydrogens (tertiary/aromatic N) is 1. The van der Waals surface area contributed by atoms with E-state index in [1.165, 1.54) is 0 Å². The van der Waals surface area contributed by atoms with E-state index in [1.54, 1.807) is 12.1 Å². The van der Waals surface area contributed by atoms with Crippen molar-refractivity contribution in [3.63, 3.8) is 0 Å². The Morgan fingerprint density at radius 2 is 2.24 bits per heavy atom. The smallest absolute Gasteiger partial charge is 0.316 e. The van der Waals surface area contributed by atoms with Gasteiger partial charge in [0.05, 0.1) is 3.57 Å². The highest BCUT2D eigenvalue weighted by Crippen LogP contribution is 2.24. The summed E-state index contributed by atoms with van der Waals surface area (Å²) >= 11 is 2.19. The Balaban J connectivity index is 2.66. The van der Waals surface area contributed by atoms with Crippen molar-refractivity contribution in [1.82, 2.24) is 4.90 Å². The van der Waals surface area contributed by atoms with Crippen LogP contribution in [-0.4, -0.2) is 38.2 Å². The molecule has 1 aromatic carbocycles. The summed E-state index contributed by atoms with van der Waals surface area (Å²) in [5.74, 6) is 0.749. The fourth-order valence-corrected chi connectivity index (χ4v) is 1.66. The van der Waals surface area contributed by atoms with Crippen LogP contribution in [0.4, 0.5) is 10.5 Å². The number of rotatable bonds is 5. The summed E-state index contributed by atoms with van der Waals surface area (Å²) in [5.41, 5.74) is 5.69. The molecule has 0 fully saturated rings. The van der Waals surface area contributed by atoms with Crippen LogP contribution >= 0.6 is 22.6 Å². The number of hydrogen-bond donors (Lipinski definition) is 2. The summed E-state index contributed by atoms with van der Waals surface area (Å²) in [6.07, 6.45) is 0. The Kier molecular flexibility index (Phi) is 5.49. The van der Waals surface area contributed by atoms with E-state index in [0.717, 1.165) is 15.9 Å². The van der Waals surface area contributed by atoms with Crippen LogP contribution in [0.3, 0.4) is 0 Å². The topological polar surface area (TPSA) is 67.6 Å². The second kappa shape index (κ2) is 6.65. The molecule has 0 atom stereocenters. The first kappa shape index (κ1) is 14.0. The van der Waals surface area contributed by atoms with E-state index in [1.807, 2.05) is 25.1 Å². The van der Waals surface area contributed by atoms with Crippen molar-refractivity contribution in [2.45, 2.75) is 0 Å². The third-order valence-electron chi connectivity index (χ3n) is 1.99. The number of halogens is 1. The van der Waals surface area contributed by atoms with Gasteiger partial charge in [0.2, 0.25) is 0 Å². The number of nitrogens with two attached hydrogens (primary N) is 1. The number of carbonyl (C=O) groups is 1. The number of anilines is 1. The van der Waals surface area contributed by atoms with Crippen molar-refractivity contribution in [2.75, 3.05) is 32.6 Å². The maximum Gasteiger partial charge on any atom is 0.316 e. The van der Waals surface area contributed by atoms with Gasteiger partial charge < -0.3 is 20.7 Å². The molecule has 17 heavy (non-hydrogen) atoms. The number of nitrogens with one attached hydrogen (secondary N) is 1. The second-order valence-electron chi connectivity index (χ2n) is 3.79. The molecule has 1 rings (SSSR count). The SMILES string of the molecule is CN(C)CCOc1cc(NC(N)=O)ccc1I. The van der Waals surface area contributed by atoms with Gasteiger partial charge in [-0.3, -0.25) is 0 Å². The quantitative estimate of drug-likeness (QED) is 0.796. The fraction of sp³-hybridized carbons (Fsp3) is 0.364. The molecular weight excluding hydrogens is 333 g/mol. The molecule has 94 valence electrons. The summed E-state index contributed by atoms with van der Waals surface area (Å²) in [4.78, 5) is 12.8. The van der Waals surface area contributed by atoms with E-state index >= 15 is 0 Å². The Morgan fingerprint density at radius 1 is 1.53 bits per heavy atom. The first-order chi connectivity index (χ1) is 7.99. The summed E-state index contributed by atoms with van der Waals surface area (Å²) in [5, 5.41) is 2.52. The fourth-order valence-electron chi connectivity index (χ4n) is 1.17.